The number of hydrogen-bond donors (Lipinski definition) is 0. The van der Waals surface area contributed by atoms with Crippen molar-refractivity contribution < 1.29 is 0 Å². The van der Waals surface area contributed by atoms with E-state index in [0.29, 0.717) is 0 Å². The van der Waals surface area contributed by atoms with Crippen LogP contribution in [0.3, 0.4) is 0 Å². The van der Waals surface area contributed by atoms with Gasteiger partial charge in [-0.05, 0) is 24.9 Å². The zero-order valence-corrected chi connectivity index (χ0v) is 19.2. The lowest BCUT2D eigenvalue weighted by Gasteiger charge is -2.43. The first-order valence-electron chi connectivity index (χ1n) is 9.58. The molecule has 1 heterocycles. The van der Waals surface area contributed by atoms with E-state index in [0.717, 1.165) is 29.6 Å². The first kappa shape index (κ1) is 20.5. The minimum Gasteiger partial charge on any atom is -0.341 e. The summed E-state index contributed by atoms with van der Waals surface area (Å²) in [5, 5.41) is 0. The molecule has 0 aliphatic carbocycles. The summed E-state index contributed by atoms with van der Waals surface area (Å²) in [6.07, 6.45) is 3.00. The van der Waals surface area contributed by atoms with Crippen molar-refractivity contribution in [1.82, 2.24) is 4.81 Å². The van der Waals surface area contributed by atoms with Gasteiger partial charge in [-0.15, -0.1) is 0 Å². The van der Waals surface area contributed by atoms with E-state index in [9.17, 15) is 0 Å². The summed E-state index contributed by atoms with van der Waals surface area (Å²) in [6, 6.07) is 0. The Labute approximate surface area is 143 Å². The molecule has 1 rings (SSSR count). The maximum absolute atomic E-state index is 2.94. The van der Waals surface area contributed by atoms with Gasteiger partial charge in [0.25, 0.3) is 0 Å². The molecular formula is C18H42BNSi2. The van der Waals surface area contributed by atoms with Crippen LogP contribution in [0.4, 0.5) is 0 Å². The van der Waals surface area contributed by atoms with Gasteiger partial charge >= 0.3 is 0 Å². The Balaban J connectivity index is 3.14. The second kappa shape index (κ2) is 7.56. The van der Waals surface area contributed by atoms with Crippen molar-refractivity contribution in [2.75, 3.05) is 13.1 Å². The Kier molecular flexibility index (Phi) is 7.05. The summed E-state index contributed by atoms with van der Waals surface area (Å²) in [6.45, 7) is 28.7. The molecule has 1 nitrogen and oxygen atoms in total. The van der Waals surface area contributed by atoms with Crippen LogP contribution < -0.4 is 0 Å². The zero-order chi connectivity index (χ0) is 17.3. The Morgan fingerprint density at radius 2 is 1.09 bits per heavy atom. The van der Waals surface area contributed by atoms with E-state index < -0.39 is 16.1 Å². The van der Waals surface area contributed by atoms with Gasteiger partial charge in [-0.1, -0.05) is 90.7 Å². The van der Waals surface area contributed by atoms with Gasteiger partial charge in [-0.2, -0.15) is 0 Å². The van der Waals surface area contributed by atoms with Crippen LogP contribution in [-0.2, 0) is 0 Å². The highest BCUT2D eigenvalue weighted by Gasteiger charge is 2.52. The van der Waals surface area contributed by atoms with E-state index >= 15 is 0 Å². The highest BCUT2D eigenvalue weighted by atomic mass is 28.3. The molecule has 1 fully saturated rings. The van der Waals surface area contributed by atoms with Crippen LogP contribution in [0, 0.1) is 11.8 Å². The van der Waals surface area contributed by atoms with Crippen LogP contribution >= 0.6 is 0 Å². The molecule has 2 atom stereocenters. The normalized spacial score (nSPS) is 24.1. The summed E-state index contributed by atoms with van der Waals surface area (Å²) < 4.78 is 0. The van der Waals surface area contributed by atoms with Gasteiger partial charge in [0.1, 0.15) is 0 Å². The van der Waals surface area contributed by atoms with Gasteiger partial charge in [0.05, 0.1) is 0 Å². The van der Waals surface area contributed by atoms with Gasteiger partial charge in [0.15, 0.2) is 0 Å². The average molecular weight is 340 g/mol. The maximum atomic E-state index is 2.94. The van der Waals surface area contributed by atoms with Crippen LogP contribution in [0.1, 0.15) is 40.5 Å². The van der Waals surface area contributed by atoms with Crippen LogP contribution in [0.2, 0.25) is 50.2 Å². The smallest absolute Gasteiger partial charge is 0.224 e. The first-order chi connectivity index (χ1) is 9.84. The van der Waals surface area contributed by atoms with Crippen molar-refractivity contribution in [3.63, 3.8) is 0 Å². The largest absolute Gasteiger partial charge is 0.341 e. The van der Waals surface area contributed by atoms with Gasteiger partial charge < -0.3 is 4.81 Å². The minimum atomic E-state index is -1.09. The topological polar surface area (TPSA) is 3.24 Å². The monoisotopic (exact) mass is 339 g/mol. The van der Waals surface area contributed by atoms with Crippen LogP contribution in [-0.4, -0.2) is 40.9 Å². The molecule has 1 aliphatic heterocycles. The first-order valence-corrected chi connectivity index (χ1v) is 16.7. The summed E-state index contributed by atoms with van der Waals surface area (Å²) in [7, 11) is -2.18. The molecule has 0 bridgehead atoms. The highest BCUT2D eigenvalue weighted by molar-refractivity contribution is 6.97. The summed E-state index contributed by atoms with van der Waals surface area (Å²) in [5.74, 6) is 1.56. The molecule has 0 radical (unpaired) electrons. The van der Waals surface area contributed by atoms with Crippen molar-refractivity contribution in [2.45, 2.75) is 90.7 Å². The fourth-order valence-corrected chi connectivity index (χ4v) is 9.83. The number of rotatable bonds is 7. The van der Waals surface area contributed by atoms with Crippen molar-refractivity contribution in [3.8, 4) is 0 Å². The van der Waals surface area contributed by atoms with E-state index in [-0.39, 0.29) is 0 Å². The quantitative estimate of drug-likeness (QED) is 0.523. The summed E-state index contributed by atoms with van der Waals surface area (Å²) in [4.78, 5) is 2.94. The lowest BCUT2D eigenvalue weighted by atomic mass is 9.56. The standard InChI is InChI=1S/C18H42BNSi2/c1-15(2)13-20(14-16(3)4)19-17(21(5,6)7)11-12-18(19)22(8,9)10/h15-18H,11-14H2,1-10H3/t17-,18+. The molecule has 0 amide bonds. The number of hydrogen-bond acceptors (Lipinski definition) is 1. The van der Waals surface area contributed by atoms with E-state index in [2.05, 4.69) is 71.8 Å². The van der Waals surface area contributed by atoms with E-state index in [4.69, 9.17) is 0 Å². The average Bonchev–Trinajstić information content (AvgIpc) is 2.69. The van der Waals surface area contributed by atoms with Crippen molar-refractivity contribution in [2.24, 2.45) is 11.8 Å². The van der Waals surface area contributed by atoms with Gasteiger partial charge in [0.2, 0.25) is 6.85 Å². The molecule has 1 aliphatic rings. The van der Waals surface area contributed by atoms with Crippen LogP contribution in [0.15, 0.2) is 0 Å². The van der Waals surface area contributed by atoms with Crippen molar-refractivity contribution in [1.29, 1.82) is 0 Å². The Bertz CT molecular complexity index is 312. The molecule has 130 valence electrons. The Morgan fingerprint density at radius 3 is 1.32 bits per heavy atom. The number of nitrogens with zero attached hydrogens (tertiary/aromatic N) is 1. The maximum Gasteiger partial charge on any atom is 0.224 e. The van der Waals surface area contributed by atoms with Gasteiger partial charge in [0, 0.05) is 16.1 Å². The third kappa shape index (κ3) is 5.52. The molecular weight excluding hydrogens is 297 g/mol. The second-order valence-electron chi connectivity index (χ2n) is 10.8. The molecule has 1 saturated heterocycles. The Morgan fingerprint density at radius 1 is 0.773 bits per heavy atom. The Hall–Kier alpha value is 0.459. The van der Waals surface area contributed by atoms with Crippen LogP contribution in [0.5, 0.6) is 0 Å². The molecule has 0 aromatic carbocycles. The fraction of sp³-hybridized carbons (Fsp3) is 1.00. The second-order valence-corrected chi connectivity index (χ2v) is 21.7. The summed E-state index contributed by atoms with van der Waals surface area (Å²) >= 11 is 0. The molecule has 0 unspecified atom stereocenters. The predicted molar refractivity (Wildman–Crippen MR) is 110 cm³/mol. The van der Waals surface area contributed by atoms with Crippen molar-refractivity contribution in [3.05, 3.63) is 0 Å². The summed E-state index contributed by atoms with van der Waals surface area (Å²) in [5.41, 5.74) is 2.00. The molecule has 0 spiro atoms. The molecule has 22 heavy (non-hydrogen) atoms. The SMILES string of the molecule is CC(C)CN(CC(C)C)B1[C@H]([Si](C)(C)C)CC[C@@H]1[Si](C)(C)C. The van der Waals surface area contributed by atoms with Crippen molar-refractivity contribution >= 4 is 23.0 Å². The molecule has 4 heteroatoms. The minimum absolute atomic E-state index is 0.781. The molecule has 0 N–H and O–H groups in total. The third-order valence-corrected chi connectivity index (χ3v) is 11.2. The van der Waals surface area contributed by atoms with E-state index in [1.165, 1.54) is 25.9 Å². The van der Waals surface area contributed by atoms with Gasteiger partial charge in [-0.25, -0.2) is 0 Å². The highest BCUT2D eigenvalue weighted by Crippen LogP contribution is 2.49. The van der Waals surface area contributed by atoms with E-state index in [1.807, 2.05) is 0 Å². The fourth-order valence-electron chi connectivity index (χ4n) is 4.64. The van der Waals surface area contributed by atoms with Gasteiger partial charge in [-0.3, -0.25) is 0 Å². The van der Waals surface area contributed by atoms with Crippen LogP contribution in [0.25, 0.3) is 0 Å². The zero-order valence-electron chi connectivity index (χ0n) is 17.2. The third-order valence-electron chi connectivity index (χ3n) is 5.46. The lowest BCUT2D eigenvalue weighted by molar-refractivity contribution is 0.335. The molecule has 0 aromatic heterocycles. The lowest BCUT2D eigenvalue weighted by Crippen LogP contribution is -2.55. The predicted octanol–water partition coefficient (Wildman–Crippen LogP) is 5.88. The van der Waals surface area contributed by atoms with E-state index in [1.54, 1.807) is 0 Å². The molecule has 0 saturated carbocycles. The molecule has 0 aromatic rings.